The zero-order valence-corrected chi connectivity index (χ0v) is 12.2. The summed E-state index contributed by atoms with van der Waals surface area (Å²) in [5, 5.41) is 21.3. The first-order chi connectivity index (χ1) is 9.20. The van der Waals surface area contributed by atoms with E-state index in [0.717, 1.165) is 0 Å². The molecule has 20 heavy (non-hydrogen) atoms. The number of hydrogen-bond donors (Lipinski definition) is 3. The number of carbonyl (C=O) groups excluding carboxylic acids is 1. The van der Waals surface area contributed by atoms with Crippen molar-refractivity contribution in [2.75, 3.05) is 6.54 Å². The summed E-state index contributed by atoms with van der Waals surface area (Å²) in [4.78, 5) is 22.3. The SMILES string of the molecule is CC(NC(=O)NCCn1cc(C(=O)O)nn1)C(C)(C)C. The molecule has 8 nitrogen and oxygen atoms in total. The number of aromatic nitrogens is 3. The van der Waals surface area contributed by atoms with Crippen LogP contribution in [0.3, 0.4) is 0 Å². The number of urea groups is 1. The van der Waals surface area contributed by atoms with E-state index in [0.29, 0.717) is 13.1 Å². The van der Waals surface area contributed by atoms with Crippen LogP contribution >= 0.6 is 0 Å². The molecule has 1 unspecified atom stereocenters. The molecular formula is C12H21N5O3. The topological polar surface area (TPSA) is 109 Å². The van der Waals surface area contributed by atoms with E-state index in [1.165, 1.54) is 10.9 Å². The molecule has 1 rings (SSSR count). The maximum absolute atomic E-state index is 11.6. The molecule has 2 amide bonds. The van der Waals surface area contributed by atoms with Crippen molar-refractivity contribution in [3.05, 3.63) is 11.9 Å². The molecule has 0 bridgehead atoms. The molecule has 0 aliphatic carbocycles. The molecule has 0 saturated carbocycles. The van der Waals surface area contributed by atoms with E-state index >= 15 is 0 Å². The fourth-order valence-corrected chi connectivity index (χ4v) is 1.25. The molecule has 0 aliphatic heterocycles. The first kappa shape index (κ1) is 15.9. The summed E-state index contributed by atoms with van der Waals surface area (Å²) < 4.78 is 1.37. The summed E-state index contributed by atoms with van der Waals surface area (Å²) in [6.07, 6.45) is 1.32. The van der Waals surface area contributed by atoms with Gasteiger partial charge in [0.05, 0.1) is 12.7 Å². The molecule has 0 saturated heterocycles. The fourth-order valence-electron chi connectivity index (χ4n) is 1.25. The molecule has 112 valence electrons. The molecular weight excluding hydrogens is 262 g/mol. The number of carbonyl (C=O) groups is 2. The highest BCUT2D eigenvalue weighted by atomic mass is 16.4. The summed E-state index contributed by atoms with van der Waals surface area (Å²) in [5.74, 6) is -1.12. The Morgan fingerprint density at radius 2 is 2.10 bits per heavy atom. The van der Waals surface area contributed by atoms with Crippen LogP contribution in [0.4, 0.5) is 4.79 Å². The predicted molar refractivity (Wildman–Crippen MR) is 72.4 cm³/mol. The maximum atomic E-state index is 11.6. The van der Waals surface area contributed by atoms with Crippen LogP contribution in [0.5, 0.6) is 0 Å². The number of carboxylic acid groups (broad SMARTS) is 1. The van der Waals surface area contributed by atoms with Gasteiger partial charge in [-0.1, -0.05) is 26.0 Å². The Balaban J connectivity index is 2.33. The zero-order valence-electron chi connectivity index (χ0n) is 12.2. The normalized spacial score (nSPS) is 12.8. The molecule has 1 aromatic rings. The van der Waals surface area contributed by atoms with Gasteiger partial charge in [0.2, 0.25) is 0 Å². The second kappa shape index (κ2) is 6.36. The van der Waals surface area contributed by atoms with Gasteiger partial charge < -0.3 is 15.7 Å². The third-order valence-electron chi connectivity index (χ3n) is 3.03. The van der Waals surface area contributed by atoms with Crippen molar-refractivity contribution in [1.82, 2.24) is 25.6 Å². The Kier molecular flexibility index (Phi) is 5.06. The van der Waals surface area contributed by atoms with Gasteiger partial charge in [-0.05, 0) is 12.3 Å². The minimum atomic E-state index is -1.12. The van der Waals surface area contributed by atoms with Crippen molar-refractivity contribution in [3.8, 4) is 0 Å². The molecule has 8 heteroatoms. The average Bonchev–Trinajstić information content (AvgIpc) is 2.76. The number of rotatable bonds is 5. The molecule has 3 N–H and O–H groups in total. The number of aromatic carboxylic acids is 1. The number of hydrogen-bond acceptors (Lipinski definition) is 4. The Morgan fingerprint density at radius 1 is 1.45 bits per heavy atom. The van der Waals surface area contributed by atoms with Crippen molar-refractivity contribution in [2.45, 2.75) is 40.3 Å². The summed E-state index contributed by atoms with van der Waals surface area (Å²) in [5.41, 5.74) is -0.129. The first-order valence-corrected chi connectivity index (χ1v) is 6.38. The smallest absolute Gasteiger partial charge is 0.358 e. The highest BCUT2D eigenvalue weighted by Crippen LogP contribution is 2.18. The number of nitrogens with zero attached hydrogens (tertiary/aromatic N) is 3. The number of carboxylic acids is 1. The summed E-state index contributed by atoms with van der Waals surface area (Å²) in [7, 11) is 0. The van der Waals surface area contributed by atoms with Gasteiger partial charge in [-0.2, -0.15) is 0 Å². The molecule has 0 aliphatic rings. The van der Waals surface area contributed by atoms with Crippen LogP contribution in [-0.2, 0) is 6.54 Å². The molecule has 0 spiro atoms. The van der Waals surface area contributed by atoms with Crippen LogP contribution in [0.2, 0.25) is 0 Å². The van der Waals surface area contributed by atoms with Crippen molar-refractivity contribution in [3.63, 3.8) is 0 Å². The molecule has 0 aromatic carbocycles. The molecule has 1 atom stereocenters. The van der Waals surface area contributed by atoms with Crippen molar-refractivity contribution in [2.24, 2.45) is 5.41 Å². The highest BCUT2D eigenvalue weighted by molar-refractivity contribution is 5.84. The number of amides is 2. The highest BCUT2D eigenvalue weighted by Gasteiger charge is 2.21. The minimum absolute atomic E-state index is 0.0143. The standard InChI is InChI=1S/C12H21N5O3/c1-8(12(2,3)4)14-11(20)13-5-6-17-7-9(10(18)19)15-16-17/h7-8H,5-6H2,1-4H3,(H,18,19)(H2,13,14,20). The first-order valence-electron chi connectivity index (χ1n) is 6.38. The van der Waals surface area contributed by atoms with Gasteiger partial charge in [0.1, 0.15) is 0 Å². The quantitative estimate of drug-likeness (QED) is 0.737. The van der Waals surface area contributed by atoms with Crippen molar-refractivity contribution in [1.29, 1.82) is 0 Å². The van der Waals surface area contributed by atoms with Crippen molar-refractivity contribution >= 4 is 12.0 Å². The Bertz CT molecular complexity index is 478. The second-order valence-electron chi connectivity index (χ2n) is 5.66. The van der Waals surface area contributed by atoms with Gasteiger partial charge in [-0.3, -0.25) is 0 Å². The summed E-state index contributed by atoms with van der Waals surface area (Å²) in [6, 6.07) is -0.224. The molecule has 0 radical (unpaired) electrons. The van der Waals surface area contributed by atoms with Crippen LogP contribution < -0.4 is 10.6 Å². The maximum Gasteiger partial charge on any atom is 0.358 e. The van der Waals surface area contributed by atoms with Gasteiger partial charge in [-0.25, -0.2) is 14.3 Å². The Labute approximate surface area is 117 Å². The van der Waals surface area contributed by atoms with Crippen LogP contribution in [0.25, 0.3) is 0 Å². The van der Waals surface area contributed by atoms with Crippen LogP contribution in [0.15, 0.2) is 6.20 Å². The monoisotopic (exact) mass is 283 g/mol. The predicted octanol–water partition coefficient (Wildman–Crippen LogP) is 0.710. The zero-order chi connectivity index (χ0) is 15.3. The minimum Gasteiger partial charge on any atom is -0.476 e. The van der Waals surface area contributed by atoms with Crippen LogP contribution in [0, 0.1) is 5.41 Å². The van der Waals surface area contributed by atoms with E-state index in [4.69, 9.17) is 5.11 Å². The van der Waals surface area contributed by atoms with E-state index in [9.17, 15) is 9.59 Å². The van der Waals surface area contributed by atoms with E-state index in [1.54, 1.807) is 0 Å². The number of nitrogens with one attached hydrogen (secondary N) is 2. The fraction of sp³-hybridized carbons (Fsp3) is 0.667. The molecule has 1 heterocycles. The Morgan fingerprint density at radius 3 is 2.60 bits per heavy atom. The second-order valence-corrected chi connectivity index (χ2v) is 5.66. The largest absolute Gasteiger partial charge is 0.476 e. The molecule has 0 fully saturated rings. The van der Waals surface area contributed by atoms with Crippen molar-refractivity contribution < 1.29 is 14.7 Å². The lowest BCUT2D eigenvalue weighted by atomic mass is 9.88. The van der Waals surface area contributed by atoms with Crippen LogP contribution in [-0.4, -0.2) is 44.7 Å². The van der Waals surface area contributed by atoms with Gasteiger partial charge in [-0.15, -0.1) is 5.10 Å². The average molecular weight is 283 g/mol. The van der Waals surface area contributed by atoms with E-state index in [2.05, 4.69) is 20.9 Å². The lowest BCUT2D eigenvalue weighted by Gasteiger charge is -2.28. The van der Waals surface area contributed by atoms with Gasteiger partial charge in [0.15, 0.2) is 5.69 Å². The molecule has 1 aromatic heterocycles. The third-order valence-corrected chi connectivity index (χ3v) is 3.03. The van der Waals surface area contributed by atoms with E-state index in [-0.39, 0.29) is 23.2 Å². The third kappa shape index (κ3) is 4.87. The van der Waals surface area contributed by atoms with Crippen LogP contribution in [0.1, 0.15) is 38.2 Å². The summed E-state index contributed by atoms with van der Waals surface area (Å²) in [6.45, 7) is 8.77. The lowest BCUT2D eigenvalue weighted by Crippen LogP contribution is -2.46. The van der Waals surface area contributed by atoms with E-state index < -0.39 is 5.97 Å². The van der Waals surface area contributed by atoms with Gasteiger partial charge in [0, 0.05) is 12.6 Å². The van der Waals surface area contributed by atoms with Gasteiger partial charge >= 0.3 is 12.0 Å². The summed E-state index contributed by atoms with van der Waals surface area (Å²) >= 11 is 0. The Hall–Kier alpha value is -2.12. The lowest BCUT2D eigenvalue weighted by molar-refractivity contribution is 0.0690. The van der Waals surface area contributed by atoms with Gasteiger partial charge in [0.25, 0.3) is 0 Å². The van der Waals surface area contributed by atoms with E-state index in [1.807, 2.05) is 27.7 Å².